The minimum absolute atomic E-state index is 0.233. The van der Waals surface area contributed by atoms with Gasteiger partial charge in [-0.05, 0) is 25.8 Å². The summed E-state index contributed by atoms with van der Waals surface area (Å²) in [5.41, 5.74) is 1.34. The Bertz CT molecular complexity index is 562. The molecule has 138 valence electrons. The minimum Gasteiger partial charge on any atom is -0.469 e. The van der Waals surface area contributed by atoms with Crippen LogP contribution in [-0.2, 0) is 16.1 Å². The summed E-state index contributed by atoms with van der Waals surface area (Å²) < 4.78 is 4.65. The maximum absolute atomic E-state index is 11.2. The second-order valence-corrected chi connectivity index (χ2v) is 6.43. The summed E-state index contributed by atoms with van der Waals surface area (Å²) in [6.07, 6.45) is 1.38. The molecular weight excluding hydrogens is 316 g/mol. The molecule has 1 aromatic carbocycles. The Morgan fingerprint density at radius 1 is 1.36 bits per heavy atom. The monoisotopic (exact) mass is 346 g/mol. The number of hydrogen-bond donors (Lipinski definition) is 2. The van der Waals surface area contributed by atoms with E-state index in [4.69, 9.17) is 0 Å². The number of likely N-dealkylation sites (tertiary alicyclic amines) is 1. The third-order valence-corrected chi connectivity index (χ3v) is 4.43. The molecule has 2 N–H and O–H groups in total. The third-order valence-electron chi connectivity index (χ3n) is 4.43. The molecule has 1 heterocycles. The molecular formula is C19H30N4O2. The van der Waals surface area contributed by atoms with E-state index in [2.05, 4.69) is 62.5 Å². The smallest absolute Gasteiger partial charge is 0.307 e. The van der Waals surface area contributed by atoms with Crippen molar-refractivity contribution in [2.24, 2.45) is 4.99 Å². The summed E-state index contributed by atoms with van der Waals surface area (Å²) in [5.74, 6) is 0.535. The Morgan fingerprint density at radius 2 is 2.12 bits per heavy atom. The average molecular weight is 346 g/mol. The van der Waals surface area contributed by atoms with Crippen LogP contribution in [-0.4, -0.2) is 55.7 Å². The Labute approximate surface area is 150 Å². The van der Waals surface area contributed by atoms with Crippen molar-refractivity contribution in [3.63, 3.8) is 0 Å². The van der Waals surface area contributed by atoms with Crippen LogP contribution in [0.25, 0.3) is 0 Å². The summed E-state index contributed by atoms with van der Waals surface area (Å²) in [6.45, 7) is 7.48. The molecule has 2 rings (SSSR count). The van der Waals surface area contributed by atoms with Crippen LogP contribution in [0.15, 0.2) is 35.3 Å². The van der Waals surface area contributed by atoms with Crippen LogP contribution in [0.4, 0.5) is 0 Å². The highest BCUT2D eigenvalue weighted by Gasteiger charge is 2.29. The van der Waals surface area contributed by atoms with Crippen LogP contribution in [0.2, 0.25) is 0 Å². The van der Waals surface area contributed by atoms with E-state index in [1.165, 1.54) is 12.7 Å². The molecule has 0 radical (unpaired) electrons. The van der Waals surface area contributed by atoms with E-state index in [0.29, 0.717) is 25.0 Å². The van der Waals surface area contributed by atoms with Crippen LogP contribution in [0.1, 0.15) is 32.3 Å². The first-order valence-corrected chi connectivity index (χ1v) is 9.02. The predicted molar refractivity (Wildman–Crippen MR) is 100 cm³/mol. The fourth-order valence-electron chi connectivity index (χ4n) is 3.12. The van der Waals surface area contributed by atoms with Crippen molar-refractivity contribution in [1.29, 1.82) is 0 Å². The van der Waals surface area contributed by atoms with Gasteiger partial charge in [0.1, 0.15) is 0 Å². The number of aliphatic imine (C=N–C) groups is 1. The molecule has 1 fully saturated rings. The summed E-state index contributed by atoms with van der Waals surface area (Å²) in [7, 11) is 1.40. The first-order chi connectivity index (χ1) is 12.1. The van der Waals surface area contributed by atoms with Crippen molar-refractivity contribution < 1.29 is 9.53 Å². The second-order valence-electron chi connectivity index (χ2n) is 6.43. The molecule has 0 aromatic heterocycles. The highest BCUT2D eigenvalue weighted by Crippen LogP contribution is 2.20. The van der Waals surface area contributed by atoms with Gasteiger partial charge in [0, 0.05) is 31.7 Å². The number of carbonyl (C=O) groups excluding carboxylic acids is 1. The van der Waals surface area contributed by atoms with Crippen molar-refractivity contribution >= 4 is 11.9 Å². The molecule has 0 aliphatic carbocycles. The third kappa shape index (κ3) is 6.38. The van der Waals surface area contributed by atoms with Crippen LogP contribution < -0.4 is 10.6 Å². The molecule has 1 saturated heterocycles. The fraction of sp³-hybridized carbons (Fsp3) is 0.579. The highest BCUT2D eigenvalue weighted by atomic mass is 16.5. The Balaban J connectivity index is 1.87. The molecule has 0 amide bonds. The van der Waals surface area contributed by atoms with Crippen molar-refractivity contribution in [3.05, 3.63) is 35.9 Å². The summed E-state index contributed by atoms with van der Waals surface area (Å²) >= 11 is 0. The molecule has 0 bridgehead atoms. The van der Waals surface area contributed by atoms with Gasteiger partial charge in [0.2, 0.25) is 0 Å². The second kappa shape index (κ2) is 10.0. The van der Waals surface area contributed by atoms with E-state index < -0.39 is 0 Å². The van der Waals surface area contributed by atoms with Gasteiger partial charge in [-0.25, -0.2) is 0 Å². The molecule has 6 nitrogen and oxygen atoms in total. The molecule has 25 heavy (non-hydrogen) atoms. The normalized spacial score (nSPS) is 21.2. The molecule has 1 aliphatic heterocycles. The van der Waals surface area contributed by atoms with Gasteiger partial charge in [0.15, 0.2) is 5.96 Å². The first-order valence-electron chi connectivity index (χ1n) is 9.02. The Morgan fingerprint density at radius 3 is 2.80 bits per heavy atom. The van der Waals surface area contributed by atoms with Gasteiger partial charge in [-0.15, -0.1) is 0 Å². The molecule has 1 aliphatic rings. The predicted octanol–water partition coefficient (Wildman–Crippen LogP) is 1.77. The number of hydrogen-bond acceptors (Lipinski definition) is 4. The average Bonchev–Trinajstić information content (AvgIpc) is 2.95. The maximum Gasteiger partial charge on any atom is 0.307 e. The quantitative estimate of drug-likeness (QED) is 0.447. The van der Waals surface area contributed by atoms with E-state index in [9.17, 15) is 4.79 Å². The van der Waals surface area contributed by atoms with Crippen molar-refractivity contribution in [1.82, 2.24) is 15.5 Å². The number of nitrogens with one attached hydrogen (secondary N) is 2. The number of benzene rings is 1. The van der Waals surface area contributed by atoms with Crippen LogP contribution in [0, 0.1) is 0 Å². The van der Waals surface area contributed by atoms with Crippen LogP contribution in [0.5, 0.6) is 0 Å². The zero-order valence-corrected chi connectivity index (χ0v) is 15.5. The molecule has 0 saturated carbocycles. The summed E-state index contributed by atoms with van der Waals surface area (Å²) in [6, 6.07) is 11.4. The van der Waals surface area contributed by atoms with Crippen molar-refractivity contribution in [2.45, 2.75) is 45.3 Å². The van der Waals surface area contributed by atoms with Gasteiger partial charge in [0.05, 0.1) is 20.1 Å². The number of ether oxygens (including phenoxy) is 1. The van der Waals surface area contributed by atoms with Crippen molar-refractivity contribution in [3.8, 4) is 0 Å². The summed E-state index contributed by atoms with van der Waals surface area (Å²) in [4.78, 5) is 18.2. The van der Waals surface area contributed by atoms with Gasteiger partial charge in [0.25, 0.3) is 0 Å². The first kappa shape index (κ1) is 19.2. The number of rotatable bonds is 7. The van der Waals surface area contributed by atoms with Gasteiger partial charge < -0.3 is 15.4 Å². The van der Waals surface area contributed by atoms with E-state index in [1.54, 1.807) is 0 Å². The lowest BCUT2D eigenvalue weighted by molar-refractivity contribution is -0.140. The summed E-state index contributed by atoms with van der Waals surface area (Å²) in [5, 5.41) is 6.75. The SMILES string of the molecule is CCNC(=NCCC(=O)OC)NC1CC(C)N(Cc2ccccc2)C1. The van der Waals surface area contributed by atoms with Gasteiger partial charge in [-0.3, -0.25) is 14.7 Å². The lowest BCUT2D eigenvalue weighted by Crippen LogP contribution is -2.44. The standard InChI is InChI=1S/C19H30N4O2/c1-4-20-19(21-11-10-18(24)25-3)22-17-12-15(2)23(14-17)13-16-8-6-5-7-9-16/h5-9,15,17H,4,10-14H2,1-3H3,(H2,20,21,22). The molecule has 6 heteroatoms. The fourth-order valence-corrected chi connectivity index (χ4v) is 3.12. The van der Waals surface area contributed by atoms with Crippen molar-refractivity contribution in [2.75, 3.05) is 26.7 Å². The lowest BCUT2D eigenvalue weighted by Gasteiger charge is -2.21. The van der Waals surface area contributed by atoms with Crippen LogP contribution >= 0.6 is 0 Å². The van der Waals surface area contributed by atoms with Crippen LogP contribution in [0.3, 0.4) is 0 Å². The number of esters is 1. The largest absolute Gasteiger partial charge is 0.469 e. The topological polar surface area (TPSA) is 66.0 Å². The van der Waals surface area contributed by atoms with E-state index in [-0.39, 0.29) is 5.97 Å². The lowest BCUT2D eigenvalue weighted by atomic mass is 10.2. The van der Waals surface area contributed by atoms with Gasteiger partial charge >= 0.3 is 5.97 Å². The minimum atomic E-state index is -0.233. The number of methoxy groups -OCH3 is 1. The van der Waals surface area contributed by atoms with Gasteiger partial charge in [-0.1, -0.05) is 30.3 Å². The highest BCUT2D eigenvalue weighted by molar-refractivity contribution is 5.80. The number of nitrogens with zero attached hydrogens (tertiary/aromatic N) is 2. The van der Waals surface area contributed by atoms with Gasteiger partial charge in [-0.2, -0.15) is 0 Å². The Kier molecular flexibility index (Phi) is 7.73. The molecule has 0 spiro atoms. The van der Waals surface area contributed by atoms with E-state index in [1.807, 2.05) is 6.92 Å². The zero-order valence-electron chi connectivity index (χ0n) is 15.5. The van der Waals surface area contributed by atoms with E-state index in [0.717, 1.165) is 32.0 Å². The Hall–Kier alpha value is -2.08. The molecule has 2 unspecified atom stereocenters. The van der Waals surface area contributed by atoms with E-state index >= 15 is 0 Å². The molecule has 1 aromatic rings. The molecule has 2 atom stereocenters. The number of carbonyl (C=O) groups is 1. The zero-order chi connectivity index (χ0) is 18.1. The maximum atomic E-state index is 11.2. The number of guanidine groups is 1.